The number of nitrogens with zero attached hydrogens (tertiary/aromatic N) is 1. The van der Waals surface area contributed by atoms with Crippen molar-refractivity contribution >= 4 is 16.0 Å². The van der Waals surface area contributed by atoms with E-state index in [0.717, 1.165) is 12.0 Å². The van der Waals surface area contributed by atoms with Gasteiger partial charge in [-0.2, -0.15) is 8.42 Å². The molecule has 1 unspecified atom stereocenters. The monoisotopic (exact) mass is 395 g/mol. The van der Waals surface area contributed by atoms with Crippen LogP contribution < -0.4 is 8.92 Å². The van der Waals surface area contributed by atoms with Crippen LogP contribution >= 0.6 is 0 Å². The summed E-state index contributed by atoms with van der Waals surface area (Å²) in [7, 11) is -2.26. The molecule has 2 aromatic rings. The summed E-state index contributed by atoms with van der Waals surface area (Å²) in [6, 6.07) is 8.23. The van der Waals surface area contributed by atoms with Gasteiger partial charge < -0.3 is 18.2 Å². The maximum atomic E-state index is 12.8. The van der Waals surface area contributed by atoms with Crippen molar-refractivity contribution in [2.24, 2.45) is 0 Å². The van der Waals surface area contributed by atoms with Crippen LogP contribution in [0, 0.1) is 0 Å². The van der Waals surface area contributed by atoms with Gasteiger partial charge in [-0.3, -0.25) is 4.79 Å². The zero-order valence-electron chi connectivity index (χ0n) is 16.0. The van der Waals surface area contributed by atoms with E-state index in [1.807, 2.05) is 13.8 Å². The number of benzene rings is 1. The van der Waals surface area contributed by atoms with Gasteiger partial charge >= 0.3 is 10.1 Å². The normalized spacial score (nSPS) is 12.4. The van der Waals surface area contributed by atoms with E-state index in [0.29, 0.717) is 5.75 Å². The molecular weight excluding hydrogens is 370 g/mol. The molecule has 0 bridgehead atoms. The third-order valence-corrected chi connectivity index (χ3v) is 5.41. The Kier molecular flexibility index (Phi) is 6.90. The Hall–Kier alpha value is -2.48. The van der Waals surface area contributed by atoms with Crippen LogP contribution in [0.5, 0.6) is 11.5 Å². The van der Waals surface area contributed by atoms with Crippen LogP contribution in [-0.4, -0.2) is 38.1 Å². The van der Waals surface area contributed by atoms with Gasteiger partial charge in [0.25, 0.3) is 5.91 Å². The zero-order chi connectivity index (χ0) is 20.0. The molecule has 1 atom stereocenters. The van der Waals surface area contributed by atoms with Gasteiger partial charge in [0.05, 0.1) is 19.1 Å². The number of rotatable bonds is 9. The summed E-state index contributed by atoms with van der Waals surface area (Å²) in [5.41, 5.74) is 0.720. The van der Waals surface area contributed by atoms with Gasteiger partial charge in [0.1, 0.15) is 0 Å². The first-order chi connectivity index (χ1) is 12.8. The molecule has 0 N–H and O–H groups in total. The lowest BCUT2D eigenvalue weighted by molar-refractivity contribution is 0.0638. The van der Waals surface area contributed by atoms with Gasteiger partial charge in [0, 0.05) is 12.6 Å². The summed E-state index contributed by atoms with van der Waals surface area (Å²) in [5, 5.41) is 0. The van der Waals surface area contributed by atoms with Gasteiger partial charge in [-0.05, 0) is 50.1 Å². The molecule has 1 aromatic heterocycles. The molecule has 0 saturated carbocycles. The molecule has 1 amide bonds. The average molecular weight is 395 g/mol. The minimum atomic E-state index is -3.70. The number of ether oxygens (including phenoxy) is 1. The van der Waals surface area contributed by atoms with Crippen LogP contribution in [-0.2, 0) is 16.7 Å². The first-order valence-corrected chi connectivity index (χ1v) is 10.3. The van der Waals surface area contributed by atoms with E-state index in [9.17, 15) is 13.2 Å². The van der Waals surface area contributed by atoms with Crippen LogP contribution in [0.25, 0.3) is 0 Å². The average Bonchev–Trinajstić information content (AvgIpc) is 3.19. The number of hydrogen-bond acceptors (Lipinski definition) is 6. The Labute approximate surface area is 160 Å². The molecule has 0 fully saturated rings. The number of amides is 1. The molecule has 7 nitrogen and oxygen atoms in total. The smallest absolute Gasteiger partial charge is 0.309 e. The lowest BCUT2D eigenvalue weighted by atomic mass is 10.1. The highest BCUT2D eigenvalue weighted by Crippen LogP contribution is 2.30. The molecule has 1 heterocycles. The molecule has 148 valence electrons. The molecule has 2 rings (SSSR count). The third-order valence-electron chi connectivity index (χ3n) is 4.27. The molecule has 0 aliphatic rings. The number of methoxy groups -OCH3 is 1. The SMILES string of the molecule is CCC(C)N(Cc1ccc(OC)c(OS(=O)(=O)CC)c1)C(=O)c1ccco1. The van der Waals surface area contributed by atoms with Gasteiger partial charge in [-0.15, -0.1) is 0 Å². The first kappa shape index (κ1) is 20.8. The van der Waals surface area contributed by atoms with E-state index in [1.165, 1.54) is 20.3 Å². The molecule has 0 aliphatic carbocycles. The zero-order valence-corrected chi connectivity index (χ0v) is 16.8. The Morgan fingerprint density at radius 1 is 1.22 bits per heavy atom. The van der Waals surface area contributed by atoms with Crippen LogP contribution in [0.1, 0.15) is 43.3 Å². The van der Waals surface area contributed by atoms with E-state index in [2.05, 4.69) is 0 Å². The highest BCUT2D eigenvalue weighted by molar-refractivity contribution is 7.87. The maximum absolute atomic E-state index is 12.8. The minimum absolute atomic E-state index is 0.0338. The van der Waals surface area contributed by atoms with Crippen molar-refractivity contribution in [3.8, 4) is 11.5 Å². The fourth-order valence-electron chi connectivity index (χ4n) is 2.47. The minimum Gasteiger partial charge on any atom is -0.493 e. The lowest BCUT2D eigenvalue weighted by Crippen LogP contribution is -2.37. The number of carbonyl (C=O) groups is 1. The highest BCUT2D eigenvalue weighted by Gasteiger charge is 2.24. The fraction of sp³-hybridized carbons (Fsp3) is 0.421. The summed E-state index contributed by atoms with van der Waals surface area (Å²) in [6.45, 7) is 5.71. The van der Waals surface area contributed by atoms with E-state index < -0.39 is 10.1 Å². The molecule has 0 radical (unpaired) electrons. The second kappa shape index (κ2) is 8.94. The second-order valence-corrected chi connectivity index (χ2v) is 7.94. The standard InChI is InChI=1S/C19H25NO6S/c1-5-14(3)20(19(21)17-8-7-11-25-17)13-15-9-10-16(24-4)18(12-15)26-27(22,23)6-2/h7-12,14H,5-6,13H2,1-4H3. The third kappa shape index (κ3) is 5.26. The van der Waals surface area contributed by atoms with Crippen molar-refractivity contribution in [1.29, 1.82) is 0 Å². The molecule has 1 aromatic carbocycles. The van der Waals surface area contributed by atoms with Crippen molar-refractivity contribution in [3.05, 3.63) is 47.9 Å². The topological polar surface area (TPSA) is 86.0 Å². The first-order valence-electron chi connectivity index (χ1n) is 8.74. The fourth-order valence-corrected chi connectivity index (χ4v) is 2.99. The highest BCUT2D eigenvalue weighted by atomic mass is 32.2. The number of hydrogen-bond donors (Lipinski definition) is 0. The largest absolute Gasteiger partial charge is 0.493 e. The Bertz CT molecular complexity index is 860. The maximum Gasteiger partial charge on any atom is 0.309 e. The van der Waals surface area contributed by atoms with E-state index in [1.54, 1.807) is 35.2 Å². The molecule has 27 heavy (non-hydrogen) atoms. The second-order valence-electron chi connectivity index (χ2n) is 6.08. The van der Waals surface area contributed by atoms with E-state index >= 15 is 0 Å². The summed E-state index contributed by atoms with van der Waals surface area (Å²) >= 11 is 0. The summed E-state index contributed by atoms with van der Waals surface area (Å²) in [4.78, 5) is 14.5. The summed E-state index contributed by atoms with van der Waals surface area (Å²) < 4.78 is 39.2. The lowest BCUT2D eigenvalue weighted by Gasteiger charge is -2.28. The quantitative estimate of drug-likeness (QED) is 0.605. The molecule has 0 spiro atoms. The van der Waals surface area contributed by atoms with Crippen molar-refractivity contribution in [3.63, 3.8) is 0 Å². The Morgan fingerprint density at radius 2 is 1.96 bits per heavy atom. The van der Waals surface area contributed by atoms with Crippen molar-refractivity contribution in [1.82, 2.24) is 4.90 Å². The van der Waals surface area contributed by atoms with Crippen LogP contribution in [0.3, 0.4) is 0 Å². The van der Waals surface area contributed by atoms with Crippen LogP contribution in [0.15, 0.2) is 41.0 Å². The van der Waals surface area contributed by atoms with Gasteiger partial charge in [0.2, 0.25) is 0 Å². The number of furan rings is 1. The molecule has 0 saturated heterocycles. The number of carbonyl (C=O) groups excluding carboxylic acids is 1. The predicted molar refractivity (Wildman–Crippen MR) is 101 cm³/mol. The molecule has 8 heteroatoms. The van der Waals surface area contributed by atoms with Crippen molar-refractivity contribution < 1.29 is 26.5 Å². The summed E-state index contributed by atoms with van der Waals surface area (Å²) in [6.07, 6.45) is 2.22. The predicted octanol–water partition coefficient (Wildman–Crippen LogP) is 3.46. The van der Waals surface area contributed by atoms with Gasteiger partial charge in [-0.1, -0.05) is 13.0 Å². The molecular formula is C19H25NO6S. The Balaban J connectivity index is 2.33. The van der Waals surface area contributed by atoms with Crippen LogP contribution in [0.2, 0.25) is 0 Å². The van der Waals surface area contributed by atoms with E-state index in [4.69, 9.17) is 13.3 Å². The van der Waals surface area contributed by atoms with E-state index in [-0.39, 0.29) is 35.8 Å². The molecule has 0 aliphatic heterocycles. The van der Waals surface area contributed by atoms with Crippen molar-refractivity contribution in [2.45, 2.75) is 39.8 Å². The van der Waals surface area contributed by atoms with Crippen LogP contribution in [0.4, 0.5) is 0 Å². The summed E-state index contributed by atoms with van der Waals surface area (Å²) in [5.74, 6) is 0.286. The Morgan fingerprint density at radius 3 is 2.52 bits per heavy atom. The van der Waals surface area contributed by atoms with Crippen molar-refractivity contribution in [2.75, 3.05) is 12.9 Å². The van der Waals surface area contributed by atoms with Gasteiger partial charge in [-0.25, -0.2) is 0 Å². The van der Waals surface area contributed by atoms with Gasteiger partial charge in [0.15, 0.2) is 17.3 Å².